The fraction of sp³-hybridized carbons (Fsp3) is 0.600. The molecule has 6 nitrogen and oxygen atoms in total. The molecule has 2 aliphatic heterocycles. The molecule has 0 bridgehead atoms. The minimum absolute atomic E-state index is 0.00401. The highest BCUT2D eigenvalue weighted by molar-refractivity contribution is 5.88. The van der Waals surface area contributed by atoms with E-state index in [2.05, 4.69) is 17.0 Å². The summed E-state index contributed by atoms with van der Waals surface area (Å²) >= 11 is 0. The Bertz CT molecular complexity index is 661. The molecule has 3 rings (SSSR count). The molecule has 142 valence electrons. The van der Waals surface area contributed by atoms with E-state index in [1.54, 1.807) is 4.90 Å². The van der Waals surface area contributed by atoms with E-state index in [-0.39, 0.29) is 17.9 Å². The van der Waals surface area contributed by atoms with Crippen LogP contribution >= 0.6 is 0 Å². The molecule has 1 amide bonds. The molecule has 2 aliphatic rings. The number of esters is 1. The van der Waals surface area contributed by atoms with Gasteiger partial charge in [0.05, 0.1) is 25.8 Å². The third-order valence-corrected chi connectivity index (χ3v) is 5.52. The molecule has 2 saturated heterocycles. The summed E-state index contributed by atoms with van der Waals surface area (Å²) in [5, 5.41) is 0. The summed E-state index contributed by atoms with van der Waals surface area (Å²) in [5.41, 5.74) is 0.569. The molecule has 0 saturated carbocycles. The second kappa shape index (κ2) is 7.37. The number of amides is 1. The van der Waals surface area contributed by atoms with E-state index in [9.17, 15) is 9.59 Å². The lowest BCUT2D eigenvalue weighted by atomic mass is 10.0. The maximum atomic E-state index is 13.2. The molecule has 0 radical (unpaired) electrons. The van der Waals surface area contributed by atoms with Crippen molar-refractivity contribution in [3.8, 4) is 0 Å². The molecule has 0 aromatic heterocycles. The van der Waals surface area contributed by atoms with Gasteiger partial charge in [0.25, 0.3) is 0 Å². The number of methoxy groups -OCH3 is 1. The smallest absolute Gasteiger partial charge is 0.328 e. The van der Waals surface area contributed by atoms with Crippen molar-refractivity contribution in [1.82, 2.24) is 9.80 Å². The molecule has 0 aliphatic carbocycles. The SMILES string of the molecule is COC(=O)[C@@H]1CCCN1C(=O)[C@@H](C)N1[C@@H](c2ccccc2)COC1(C)C. The third-order valence-electron chi connectivity index (χ3n) is 5.52. The van der Waals surface area contributed by atoms with Crippen molar-refractivity contribution in [2.75, 3.05) is 20.3 Å². The molecule has 2 heterocycles. The van der Waals surface area contributed by atoms with Gasteiger partial charge in [0.1, 0.15) is 11.8 Å². The quantitative estimate of drug-likeness (QED) is 0.772. The number of benzene rings is 1. The third kappa shape index (κ3) is 3.35. The number of rotatable bonds is 4. The molecule has 6 heteroatoms. The van der Waals surface area contributed by atoms with Crippen LogP contribution in [0, 0.1) is 0 Å². The standard InChI is InChI=1S/C20H28N2O4/c1-14(18(23)21-12-8-11-16(21)19(24)25-4)22-17(13-26-20(22,2)3)15-9-6-5-7-10-15/h5-7,9-10,14,16-17H,8,11-13H2,1-4H3/t14-,16+,17-/m1/s1. The van der Waals surface area contributed by atoms with Gasteiger partial charge in [-0.25, -0.2) is 4.79 Å². The lowest BCUT2D eigenvalue weighted by molar-refractivity contribution is -0.155. The molecule has 1 aromatic carbocycles. The maximum Gasteiger partial charge on any atom is 0.328 e. The second-order valence-electron chi connectivity index (χ2n) is 7.48. The van der Waals surface area contributed by atoms with Crippen molar-refractivity contribution >= 4 is 11.9 Å². The highest BCUT2D eigenvalue weighted by atomic mass is 16.5. The number of carbonyl (C=O) groups excluding carboxylic acids is 2. The van der Waals surface area contributed by atoms with Crippen LogP contribution in [-0.2, 0) is 19.1 Å². The number of ether oxygens (including phenoxy) is 2. The van der Waals surface area contributed by atoms with Gasteiger partial charge in [-0.2, -0.15) is 0 Å². The molecule has 0 spiro atoms. The fourth-order valence-electron chi connectivity index (χ4n) is 4.25. The van der Waals surface area contributed by atoms with Gasteiger partial charge in [0, 0.05) is 6.54 Å². The van der Waals surface area contributed by atoms with E-state index in [1.165, 1.54) is 7.11 Å². The zero-order valence-corrected chi connectivity index (χ0v) is 16.0. The van der Waals surface area contributed by atoms with Crippen LogP contribution in [0.5, 0.6) is 0 Å². The van der Waals surface area contributed by atoms with Gasteiger partial charge in [-0.1, -0.05) is 30.3 Å². The van der Waals surface area contributed by atoms with E-state index < -0.39 is 17.8 Å². The lowest BCUT2D eigenvalue weighted by Gasteiger charge is -2.39. The van der Waals surface area contributed by atoms with Crippen molar-refractivity contribution in [2.45, 2.75) is 57.5 Å². The molecule has 3 atom stereocenters. The Balaban J connectivity index is 1.85. The van der Waals surface area contributed by atoms with E-state index in [0.29, 0.717) is 19.6 Å². The highest BCUT2D eigenvalue weighted by Gasteiger charge is 2.48. The Hall–Kier alpha value is -1.92. The zero-order chi connectivity index (χ0) is 18.9. The van der Waals surface area contributed by atoms with Crippen molar-refractivity contribution < 1.29 is 19.1 Å². The van der Waals surface area contributed by atoms with Gasteiger partial charge in [-0.3, -0.25) is 9.69 Å². The summed E-state index contributed by atoms with van der Waals surface area (Å²) < 4.78 is 10.9. The van der Waals surface area contributed by atoms with Crippen LogP contribution < -0.4 is 0 Å². The van der Waals surface area contributed by atoms with E-state index in [4.69, 9.17) is 9.47 Å². The first kappa shape index (κ1) is 18.9. The topological polar surface area (TPSA) is 59.1 Å². The average molecular weight is 360 g/mol. The summed E-state index contributed by atoms with van der Waals surface area (Å²) in [6.07, 6.45) is 1.48. The number of hydrogen-bond acceptors (Lipinski definition) is 5. The predicted molar refractivity (Wildman–Crippen MR) is 97.3 cm³/mol. The number of nitrogens with zero attached hydrogens (tertiary/aromatic N) is 2. The van der Waals surface area contributed by atoms with Crippen LogP contribution in [0.4, 0.5) is 0 Å². The molecule has 0 N–H and O–H groups in total. The van der Waals surface area contributed by atoms with Crippen molar-refractivity contribution in [1.29, 1.82) is 0 Å². The van der Waals surface area contributed by atoms with Crippen LogP contribution in [0.1, 0.15) is 45.2 Å². The largest absolute Gasteiger partial charge is 0.467 e. The minimum Gasteiger partial charge on any atom is -0.467 e. The molecule has 26 heavy (non-hydrogen) atoms. The summed E-state index contributed by atoms with van der Waals surface area (Å²) in [6.45, 7) is 7.01. The number of carbonyl (C=O) groups is 2. The Morgan fingerprint density at radius 3 is 2.62 bits per heavy atom. The molecular weight excluding hydrogens is 332 g/mol. The van der Waals surface area contributed by atoms with Gasteiger partial charge < -0.3 is 14.4 Å². The molecule has 2 fully saturated rings. The first-order valence-electron chi connectivity index (χ1n) is 9.22. The summed E-state index contributed by atoms with van der Waals surface area (Å²) in [4.78, 5) is 29.1. The second-order valence-corrected chi connectivity index (χ2v) is 7.48. The molecule has 1 aromatic rings. The van der Waals surface area contributed by atoms with Crippen molar-refractivity contribution in [3.05, 3.63) is 35.9 Å². The Morgan fingerprint density at radius 2 is 1.96 bits per heavy atom. The van der Waals surface area contributed by atoms with E-state index >= 15 is 0 Å². The van der Waals surface area contributed by atoms with Crippen LogP contribution in [0.25, 0.3) is 0 Å². The summed E-state index contributed by atoms with van der Waals surface area (Å²) in [5.74, 6) is -0.378. The zero-order valence-electron chi connectivity index (χ0n) is 16.0. The fourth-order valence-corrected chi connectivity index (χ4v) is 4.25. The van der Waals surface area contributed by atoms with Gasteiger partial charge in [0.2, 0.25) is 5.91 Å². The van der Waals surface area contributed by atoms with E-state index in [1.807, 2.05) is 39.0 Å². The number of likely N-dealkylation sites (tertiary alicyclic amines) is 1. The number of hydrogen-bond donors (Lipinski definition) is 0. The lowest BCUT2D eigenvalue weighted by Crippen LogP contribution is -2.55. The Kier molecular flexibility index (Phi) is 5.34. The van der Waals surface area contributed by atoms with Crippen molar-refractivity contribution in [2.24, 2.45) is 0 Å². The first-order valence-corrected chi connectivity index (χ1v) is 9.22. The van der Waals surface area contributed by atoms with Gasteiger partial charge >= 0.3 is 5.97 Å². The van der Waals surface area contributed by atoms with Crippen LogP contribution in [0.3, 0.4) is 0 Å². The average Bonchev–Trinajstić information content (AvgIpc) is 3.24. The monoisotopic (exact) mass is 360 g/mol. The Morgan fingerprint density at radius 1 is 1.27 bits per heavy atom. The van der Waals surface area contributed by atoms with Gasteiger partial charge in [0.15, 0.2) is 0 Å². The highest BCUT2D eigenvalue weighted by Crippen LogP contribution is 2.39. The first-order chi connectivity index (χ1) is 12.4. The van der Waals surface area contributed by atoms with Crippen LogP contribution in [-0.4, -0.2) is 59.7 Å². The molecule has 0 unspecified atom stereocenters. The van der Waals surface area contributed by atoms with Crippen molar-refractivity contribution in [3.63, 3.8) is 0 Å². The van der Waals surface area contributed by atoms with Crippen LogP contribution in [0.2, 0.25) is 0 Å². The maximum absolute atomic E-state index is 13.2. The van der Waals surface area contributed by atoms with Gasteiger partial charge in [-0.05, 0) is 39.2 Å². The summed E-state index contributed by atoms with van der Waals surface area (Å²) in [6, 6.07) is 9.23. The minimum atomic E-state index is -0.559. The Labute approximate surface area is 155 Å². The van der Waals surface area contributed by atoms with Crippen LogP contribution in [0.15, 0.2) is 30.3 Å². The predicted octanol–water partition coefficient (Wildman–Crippen LogP) is 2.35. The normalized spacial score (nSPS) is 26.7. The van der Waals surface area contributed by atoms with Gasteiger partial charge in [-0.15, -0.1) is 0 Å². The van der Waals surface area contributed by atoms with E-state index in [0.717, 1.165) is 12.0 Å². The summed E-state index contributed by atoms with van der Waals surface area (Å²) in [7, 11) is 1.37. The molecular formula is C20H28N2O4.